The molecule has 2 heterocycles. The van der Waals surface area contributed by atoms with Crippen molar-refractivity contribution < 1.29 is 4.39 Å². The number of nitrogens with zero attached hydrogens (tertiary/aromatic N) is 4. The van der Waals surface area contributed by atoms with Crippen molar-refractivity contribution in [2.24, 2.45) is 7.05 Å². The number of halogens is 1. The van der Waals surface area contributed by atoms with Gasteiger partial charge >= 0.3 is 0 Å². The summed E-state index contributed by atoms with van der Waals surface area (Å²) in [4.78, 5) is 5.40. The van der Waals surface area contributed by atoms with Crippen LogP contribution in [-0.2, 0) is 7.05 Å². The Labute approximate surface area is 166 Å². The number of hydrogen-bond donors (Lipinski definition) is 0. The maximum atomic E-state index is 13.4. The molecule has 6 heteroatoms. The molecular formula is C22H17FN4S. The maximum Gasteiger partial charge on any atom is 0.196 e. The quantitative estimate of drug-likeness (QED) is 0.431. The van der Waals surface area contributed by atoms with Gasteiger partial charge in [-0.25, -0.2) is 4.39 Å². The average Bonchev–Trinajstić information content (AvgIpc) is 3.05. The molecule has 2 aromatic heterocycles. The van der Waals surface area contributed by atoms with E-state index in [2.05, 4.69) is 27.8 Å². The molecule has 0 spiro atoms. The highest BCUT2D eigenvalue weighted by molar-refractivity contribution is 7.99. The molecule has 0 bridgehead atoms. The van der Waals surface area contributed by atoms with Crippen molar-refractivity contribution in [3.05, 3.63) is 90.7 Å². The molecule has 0 aliphatic carbocycles. The molecule has 0 fully saturated rings. The van der Waals surface area contributed by atoms with Crippen molar-refractivity contribution in [3.63, 3.8) is 0 Å². The van der Waals surface area contributed by atoms with Crippen LogP contribution < -0.4 is 0 Å². The smallest absolute Gasteiger partial charge is 0.196 e. The Kier molecular flexibility index (Phi) is 5.04. The lowest BCUT2D eigenvalue weighted by atomic mass is 10.1. The molecule has 0 N–H and O–H groups in total. The molecule has 0 amide bonds. The zero-order chi connectivity index (χ0) is 19.5. The number of aromatic nitrogens is 4. The van der Waals surface area contributed by atoms with Crippen LogP contribution in [0.2, 0.25) is 0 Å². The van der Waals surface area contributed by atoms with Gasteiger partial charge in [-0.05, 0) is 65.4 Å². The second kappa shape index (κ2) is 7.78. The van der Waals surface area contributed by atoms with Gasteiger partial charge in [-0.2, -0.15) is 0 Å². The van der Waals surface area contributed by atoms with Crippen molar-refractivity contribution in [1.82, 2.24) is 19.7 Å². The number of hydrogen-bond acceptors (Lipinski definition) is 4. The van der Waals surface area contributed by atoms with E-state index in [0.29, 0.717) is 11.4 Å². The summed E-state index contributed by atoms with van der Waals surface area (Å²) in [6.45, 7) is 3.99. The van der Waals surface area contributed by atoms with Gasteiger partial charge < -0.3 is 4.57 Å². The summed E-state index contributed by atoms with van der Waals surface area (Å²) in [7, 11) is 1.91. The van der Waals surface area contributed by atoms with Crippen LogP contribution in [0.15, 0.2) is 83.5 Å². The first-order chi connectivity index (χ1) is 13.6. The Morgan fingerprint density at radius 3 is 2.86 bits per heavy atom. The molecule has 0 saturated carbocycles. The van der Waals surface area contributed by atoms with Gasteiger partial charge in [0, 0.05) is 23.5 Å². The Morgan fingerprint density at radius 1 is 1.11 bits per heavy atom. The second-order valence-electron chi connectivity index (χ2n) is 6.23. The highest BCUT2D eigenvalue weighted by Gasteiger charge is 2.09. The third-order valence-corrected chi connectivity index (χ3v) is 5.31. The summed E-state index contributed by atoms with van der Waals surface area (Å²) >= 11 is 1.54. The molecule has 4 rings (SSSR count). The van der Waals surface area contributed by atoms with Gasteiger partial charge in [-0.3, -0.25) is 4.98 Å². The predicted octanol–water partition coefficient (Wildman–Crippen LogP) is 5.38. The van der Waals surface area contributed by atoms with Gasteiger partial charge in [-0.15, -0.1) is 10.2 Å². The normalized spacial score (nSPS) is 11.4. The Balaban J connectivity index is 1.52. The zero-order valence-corrected chi connectivity index (χ0v) is 16.0. The number of pyridine rings is 1. The fourth-order valence-electron chi connectivity index (χ4n) is 2.74. The molecule has 138 valence electrons. The third kappa shape index (κ3) is 3.87. The number of rotatable bonds is 5. The molecule has 4 nitrogen and oxygen atoms in total. The Bertz CT molecular complexity index is 1200. The first-order valence-electron chi connectivity index (χ1n) is 8.65. The molecule has 0 atom stereocenters. The molecule has 0 aliphatic rings. The molecule has 28 heavy (non-hydrogen) atoms. The zero-order valence-electron chi connectivity index (χ0n) is 15.2. The lowest BCUT2D eigenvalue weighted by molar-refractivity contribution is 0.627. The van der Waals surface area contributed by atoms with E-state index in [-0.39, 0.29) is 5.82 Å². The Hall–Kier alpha value is -3.25. The van der Waals surface area contributed by atoms with Crippen LogP contribution >= 0.6 is 11.8 Å². The van der Waals surface area contributed by atoms with Crippen molar-refractivity contribution in [1.29, 1.82) is 0 Å². The van der Waals surface area contributed by atoms with Crippen LogP contribution in [-0.4, -0.2) is 19.7 Å². The predicted molar refractivity (Wildman–Crippen MR) is 111 cm³/mol. The summed E-state index contributed by atoms with van der Waals surface area (Å²) in [6.07, 6.45) is 5.43. The van der Waals surface area contributed by atoms with E-state index in [1.165, 1.54) is 23.9 Å². The van der Waals surface area contributed by atoms with Gasteiger partial charge in [0.15, 0.2) is 11.0 Å². The molecule has 0 radical (unpaired) electrons. The molecule has 4 aromatic rings. The van der Waals surface area contributed by atoms with Gasteiger partial charge in [-0.1, -0.05) is 30.9 Å². The van der Waals surface area contributed by atoms with E-state index in [4.69, 9.17) is 0 Å². The van der Waals surface area contributed by atoms with E-state index in [1.807, 2.05) is 54.1 Å². The largest absolute Gasteiger partial charge is 0.305 e. The van der Waals surface area contributed by atoms with E-state index in [0.717, 1.165) is 26.5 Å². The highest BCUT2D eigenvalue weighted by Crippen LogP contribution is 2.28. The lowest BCUT2D eigenvalue weighted by Crippen LogP contribution is -1.94. The van der Waals surface area contributed by atoms with Crippen LogP contribution in [0.1, 0.15) is 11.4 Å². The van der Waals surface area contributed by atoms with Gasteiger partial charge in [0.2, 0.25) is 0 Å². The van der Waals surface area contributed by atoms with E-state index >= 15 is 0 Å². The number of fused-ring (bicyclic) bond motifs is 1. The average molecular weight is 388 g/mol. The molecular weight excluding hydrogens is 371 g/mol. The van der Waals surface area contributed by atoms with E-state index in [1.54, 1.807) is 12.3 Å². The summed E-state index contributed by atoms with van der Waals surface area (Å²) in [6, 6.07) is 16.4. The van der Waals surface area contributed by atoms with Gasteiger partial charge in [0.1, 0.15) is 5.82 Å². The van der Waals surface area contributed by atoms with E-state index < -0.39 is 0 Å². The van der Waals surface area contributed by atoms with Crippen molar-refractivity contribution in [3.8, 4) is 0 Å². The van der Waals surface area contributed by atoms with Crippen LogP contribution in [0.4, 0.5) is 4.39 Å². The van der Waals surface area contributed by atoms with Crippen LogP contribution in [0.3, 0.4) is 0 Å². The van der Waals surface area contributed by atoms with Crippen LogP contribution in [0.5, 0.6) is 0 Å². The minimum Gasteiger partial charge on any atom is -0.305 e. The summed E-state index contributed by atoms with van der Waals surface area (Å²) in [5.41, 5.74) is 2.40. The summed E-state index contributed by atoms with van der Waals surface area (Å²) in [5, 5.41) is 10.4. The molecule has 0 saturated heterocycles. The second-order valence-corrected chi connectivity index (χ2v) is 7.27. The first kappa shape index (κ1) is 18.1. The standard InChI is InChI=1S/C22H17FN4S/c1-15(16-5-3-7-18(23)13-16)8-11-21-25-26-22(27(21)2)28-19-9-10-20-17(14-19)6-4-12-24-20/h3-14H,1H2,2H3/b11-8-. The fourth-order valence-corrected chi connectivity index (χ4v) is 3.59. The van der Waals surface area contributed by atoms with Crippen LogP contribution in [0.25, 0.3) is 22.6 Å². The molecule has 2 aromatic carbocycles. The van der Waals surface area contributed by atoms with Crippen molar-refractivity contribution >= 4 is 34.3 Å². The highest BCUT2D eigenvalue weighted by atomic mass is 32.2. The van der Waals surface area contributed by atoms with Gasteiger partial charge in [0.25, 0.3) is 0 Å². The van der Waals surface area contributed by atoms with Crippen molar-refractivity contribution in [2.45, 2.75) is 10.1 Å². The first-order valence-corrected chi connectivity index (χ1v) is 9.47. The van der Waals surface area contributed by atoms with E-state index in [9.17, 15) is 4.39 Å². The van der Waals surface area contributed by atoms with Crippen molar-refractivity contribution in [2.75, 3.05) is 0 Å². The maximum absolute atomic E-state index is 13.4. The van der Waals surface area contributed by atoms with Gasteiger partial charge in [0.05, 0.1) is 5.52 Å². The third-order valence-electron chi connectivity index (χ3n) is 4.28. The van der Waals surface area contributed by atoms with Crippen LogP contribution in [0, 0.1) is 5.82 Å². The monoisotopic (exact) mass is 388 g/mol. The molecule has 0 aliphatic heterocycles. The number of benzene rings is 2. The molecule has 0 unspecified atom stereocenters. The fraction of sp³-hybridized carbons (Fsp3) is 0.0455. The summed E-state index contributed by atoms with van der Waals surface area (Å²) < 4.78 is 15.3. The Morgan fingerprint density at radius 2 is 2.00 bits per heavy atom. The summed E-state index contributed by atoms with van der Waals surface area (Å²) in [5.74, 6) is 0.414. The number of allylic oxidation sites excluding steroid dienone is 2. The topological polar surface area (TPSA) is 43.6 Å². The lowest BCUT2D eigenvalue weighted by Gasteiger charge is -2.04. The minimum atomic E-state index is -0.282. The SMILES string of the molecule is C=C(/C=C\c1nnc(Sc2ccc3ncccc3c2)n1C)c1cccc(F)c1. The minimum absolute atomic E-state index is 0.282.